The van der Waals surface area contributed by atoms with Crippen LogP contribution in [-0.4, -0.2) is 19.2 Å². The van der Waals surface area contributed by atoms with Crippen LogP contribution >= 0.6 is 0 Å². The fourth-order valence-corrected chi connectivity index (χ4v) is 3.89. The zero-order valence-corrected chi connectivity index (χ0v) is 12.6. The lowest BCUT2D eigenvalue weighted by molar-refractivity contribution is 0.251. The van der Waals surface area contributed by atoms with E-state index in [2.05, 4.69) is 36.5 Å². The van der Waals surface area contributed by atoms with Crippen molar-refractivity contribution in [3.63, 3.8) is 0 Å². The van der Waals surface area contributed by atoms with Gasteiger partial charge in [0.15, 0.2) is 0 Å². The van der Waals surface area contributed by atoms with E-state index in [9.17, 15) is 0 Å². The Labute approximate surface area is 122 Å². The summed E-state index contributed by atoms with van der Waals surface area (Å²) in [4.78, 5) is 0. The zero-order chi connectivity index (χ0) is 13.8. The van der Waals surface area contributed by atoms with Gasteiger partial charge in [-0.15, -0.1) is 0 Å². The highest BCUT2D eigenvalue weighted by molar-refractivity contribution is 5.37. The number of nitrogens with one attached hydrogen (secondary N) is 1. The van der Waals surface area contributed by atoms with E-state index in [0.717, 1.165) is 30.2 Å². The number of rotatable bonds is 5. The molecule has 2 nitrogen and oxygen atoms in total. The molecule has 2 heteroatoms. The second kappa shape index (κ2) is 6.62. The number of hydrogen-bond acceptors (Lipinski definition) is 2. The lowest BCUT2D eigenvalue weighted by Crippen LogP contribution is -2.27. The molecule has 1 saturated carbocycles. The summed E-state index contributed by atoms with van der Waals surface area (Å²) in [6.07, 6.45) is 7.94. The summed E-state index contributed by atoms with van der Waals surface area (Å²) in [7, 11) is 0. The van der Waals surface area contributed by atoms with Crippen molar-refractivity contribution in [2.45, 2.75) is 57.4 Å². The third kappa shape index (κ3) is 3.17. The van der Waals surface area contributed by atoms with Gasteiger partial charge in [0.2, 0.25) is 0 Å². The van der Waals surface area contributed by atoms with E-state index in [-0.39, 0.29) is 0 Å². The van der Waals surface area contributed by atoms with Crippen LogP contribution in [0.2, 0.25) is 0 Å². The van der Waals surface area contributed by atoms with E-state index in [1.807, 2.05) is 0 Å². The molecule has 1 aromatic carbocycles. The number of benzene rings is 1. The van der Waals surface area contributed by atoms with Gasteiger partial charge in [0.05, 0.1) is 6.61 Å². The highest BCUT2D eigenvalue weighted by Gasteiger charge is 2.29. The molecule has 0 amide bonds. The molecule has 0 saturated heterocycles. The van der Waals surface area contributed by atoms with E-state index >= 15 is 0 Å². The molecule has 0 aromatic heterocycles. The van der Waals surface area contributed by atoms with Crippen LogP contribution in [0, 0.1) is 5.92 Å². The van der Waals surface area contributed by atoms with Gasteiger partial charge in [-0.1, -0.05) is 25.1 Å². The van der Waals surface area contributed by atoms with Gasteiger partial charge in [-0.25, -0.2) is 0 Å². The lowest BCUT2D eigenvalue weighted by Gasteiger charge is -2.28. The molecule has 1 aliphatic heterocycles. The van der Waals surface area contributed by atoms with Crippen molar-refractivity contribution in [1.29, 1.82) is 0 Å². The van der Waals surface area contributed by atoms with Crippen molar-refractivity contribution < 1.29 is 4.74 Å². The van der Waals surface area contributed by atoms with Crippen molar-refractivity contribution in [2.75, 3.05) is 13.2 Å². The molecule has 0 spiro atoms. The molecule has 3 atom stereocenters. The van der Waals surface area contributed by atoms with Crippen LogP contribution in [0.25, 0.3) is 0 Å². The second-order valence-electron chi connectivity index (χ2n) is 6.44. The SMILES string of the molecule is CCCNC1CCC(CC2CCOc3ccccc32)C1. The van der Waals surface area contributed by atoms with E-state index in [1.54, 1.807) is 0 Å². The smallest absolute Gasteiger partial charge is 0.122 e. The van der Waals surface area contributed by atoms with Crippen LogP contribution in [0.1, 0.15) is 56.9 Å². The summed E-state index contributed by atoms with van der Waals surface area (Å²) in [5.74, 6) is 2.75. The summed E-state index contributed by atoms with van der Waals surface area (Å²) in [6.45, 7) is 4.32. The van der Waals surface area contributed by atoms with E-state index in [4.69, 9.17) is 4.74 Å². The summed E-state index contributed by atoms with van der Waals surface area (Å²) >= 11 is 0. The molecule has 110 valence electrons. The Hall–Kier alpha value is -1.02. The maximum atomic E-state index is 5.78. The summed E-state index contributed by atoms with van der Waals surface area (Å²) in [6, 6.07) is 9.40. The molecule has 0 radical (unpaired) electrons. The summed E-state index contributed by atoms with van der Waals surface area (Å²) < 4.78 is 5.78. The normalized spacial score (nSPS) is 28.9. The molecule has 0 bridgehead atoms. The molecule has 1 fully saturated rings. The Morgan fingerprint density at radius 1 is 1.20 bits per heavy atom. The lowest BCUT2D eigenvalue weighted by atomic mass is 9.84. The molecule has 3 rings (SSSR count). The van der Waals surface area contributed by atoms with Crippen molar-refractivity contribution in [3.8, 4) is 5.75 Å². The molecule has 1 heterocycles. The minimum Gasteiger partial charge on any atom is -0.493 e. The van der Waals surface area contributed by atoms with E-state index in [1.165, 1.54) is 50.6 Å². The summed E-state index contributed by atoms with van der Waals surface area (Å²) in [5.41, 5.74) is 1.45. The Morgan fingerprint density at radius 2 is 2.10 bits per heavy atom. The van der Waals surface area contributed by atoms with Gasteiger partial charge in [0.25, 0.3) is 0 Å². The quantitative estimate of drug-likeness (QED) is 0.871. The molecule has 3 unspecified atom stereocenters. The Morgan fingerprint density at radius 3 is 3.00 bits per heavy atom. The van der Waals surface area contributed by atoms with Gasteiger partial charge in [0.1, 0.15) is 5.75 Å². The maximum absolute atomic E-state index is 5.78. The third-order valence-corrected chi connectivity index (χ3v) is 4.92. The predicted octanol–water partition coefficient (Wildman–Crippen LogP) is 4.11. The fourth-order valence-electron chi connectivity index (χ4n) is 3.89. The third-order valence-electron chi connectivity index (χ3n) is 4.92. The number of hydrogen-bond donors (Lipinski definition) is 1. The molecule has 2 aliphatic rings. The Balaban J connectivity index is 1.57. The van der Waals surface area contributed by atoms with Crippen molar-refractivity contribution in [1.82, 2.24) is 5.32 Å². The van der Waals surface area contributed by atoms with Crippen LogP contribution < -0.4 is 10.1 Å². The summed E-state index contributed by atoms with van der Waals surface area (Å²) in [5, 5.41) is 3.69. The number of ether oxygens (including phenoxy) is 1. The van der Waals surface area contributed by atoms with Crippen LogP contribution in [0.15, 0.2) is 24.3 Å². The first kappa shape index (κ1) is 13.9. The Bertz CT molecular complexity index is 431. The van der Waals surface area contributed by atoms with Crippen LogP contribution in [0.4, 0.5) is 0 Å². The maximum Gasteiger partial charge on any atom is 0.122 e. The van der Waals surface area contributed by atoms with Gasteiger partial charge in [0, 0.05) is 6.04 Å². The zero-order valence-electron chi connectivity index (χ0n) is 12.6. The predicted molar refractivity (Wildman–Crippen MR) is 83.3 cm³/mol. The van der Waals surface area contributed by atoms with Gasteiger partial charge in [-0.2, -0.15) is 0 Å². The Kier molecular flexibility index (Phi) is 4.62. The first-order chi connectivity index (χ1) is 9.86. The van der Waals surface area contributed by atoms with E-state index < -0.39 is 0 Å². The minimum absolute atomic E-state index is 0.717. The van der Waals surface area contributed by atoms with Gasteiger partial charge < -0.3 is 10.1 Å². The molecular weight excluding hydrogens is 246 g/mol. The highest BCUT2D eigenvalue weighted by Crippen LogP contribution is 2.41. The van der Waals surface area contributed by atoms with Crippen LogP contribution in [0.3, 0.4) is 0 Å². The standard InChI is InChI=1S/C18H27NO/c1-2-10-19-16-8-7-14(13-16)12-15-9-11-20-18-6-4-3-5-17(15)18/h3-6,14-16,19H,2,7-13H2,1H3. The second-order valence-corrected chi connectivity index (χ2v) is 6.44. The van der Waals surface area contributed by atoms with Crippen molar-refractivity contribution >= 4 is 0 Å². The first-order valence-corrected chi connectivity index (χ1v) is 8.32. The van der Waals surface area contributed by atoms with Gasteiger partial charge >= 0.3 is 0 Å². The van der Waals surface area contributed by atoms with Crippen molar-refractivity contribution in [3.05, 3.63) is 29.8 Å². The number of fused-ring (bicyclic) bond motifs is 1. The average molecular weight is 273 g/mol. The van der Waals surface area contributed by atoms with Crippen LogP contribution in [0.5, 0.6) is 5.75 Å². The molecule has 1 aromatic rings. The average Bonchev–Trinajstić information content (AvgIpc) is 2.93. The molecule has 1 N–H and O–H groups in total. The minimum atomic E-state index is 0.717. The van der Waals surface area contributed by atoms with Gasteiger partial charge in [-0.3, -0.25) is 0 Å². The first-order valence-electron chi connectivity index (χ1n) is 8.32. The monoisotopic (exact) mass is 273 g/mol. The number of para-hydroxylation sites is 1. The topological polar surface area (TPSA) is 21.3 Å². The molecular formula is C18H27NO. The van der Waals surface area contributed by atoms with Crippen molar-refractivity contribution in [2.24, 2.45) is 5.92 Å². The largest absolute Gasteiger partial charge is 0.493 e. The molecule has 20 heavy (non-hydrogen) atoms. The van der Waals surface area contributed by atoms with Crippen LogP contribution in [-0.2, 0) is 0 Å². The van der Waals surface area contributed by atoms with E-state index in [0.29, 0.717) is 0 Å². The highest BCUT2D eigenvalue weighted by atomic mass is 16.5. The molecule has 1 aliphatic carbocycles. The van der Waals surface area contributed by atoms with Gasteiger partial charge in [-0.05, 0) is 68.5 Å². The fraction of sp³-hybridized carbons (Fsp3) is 0.667.